The molecule has 10 nitrogen and oxygen atoms in total. The number of urea groups is 1. The van der Waals surface area contributed by atoms with Crippen LogP contribution in [0.4, 0.5) is 35.2 Å². The summed E-state index contributed by atoms with van der Waals surface area (Å²) in [4.78, 5) is 28.9. The highest BCUT2D eigenvalue weighted by atomic mass is 19.4. The molecule has 38 heavy (non-hydrogen) atoms. The highest BCUT2D eigenvalue weighted by Crippen LogP contribution is 2.41. The molecule has 0 aliphatic carbocycles. The highest BCUT2D eigenvalue weighted by Gasteiger charge is 2.51. The monoisotopic (exact) mass is 532 g/mol. The number of aromatic nitrogens is 2. The summed E-state index contributed by atoms with van der Waals surface area (Å²) in [7, 11) is 0. The first kappa shape index (κ1) is 26.9. The number of hydrogen-bond donors (Lipinski definition) is 4. The summed E-state index contributed by atoms with van der Waals surface area (Å²) in [5, 5.41) is 14.3. The number of carbonyl (C=O) groups is 2. The second kappa shape index (κ2) is 11.1. The van der Waals surface area contributed by atoms with Gasteiger partial charge in [-0.2, -0.15) is 13.2 Å². The predicted molar refractivity (Wildman–Crippen MR) is 133 cm³/mol. The number of rotatable bonds is 7. The van der Waals surface area contributed by atoms with Crippen molar-refractivity contribution in [3.8, 4) is 5.75 Å². The number of alkyl halides is 3. The Balaban J connectivity index is 1.27. The fraction of sp³-hybridized carbons (Fsp3) is 0.360. The fourth-order valence-electron chi connectivity index (χ4n) is 3.57. The van der Waals surface area contributed by atoms with Crippen LogP contribution in [0.25, 0.3) is 0 Å². The van der Waals surface area contributed by atoms with Gasteiger partial charge in [0.15, 0.2) is 11.6 Å². The summed E-state index contributed by atoms with van der Waals surface area (Å²) in [6.07, 6.45) is -1.08. The van der Waals surface area contributed by atoms with Crippen molar-refractivity contribution in [1.82, 2.24) is 15.5 Å². The Morgan fingerprint density at radius 1 is 1.00 bits per heavy atom. The lowest BCUT2D eigenvalue weighted by Crippen LogP contribution is -2.35. The molecule has 0 spiro atoms. The van der Waals surface area contributed by atoms with Crippen molar-refractivity contribution in [2.24, 2.45) is 0 Å². The van der Waals surface area contributed by atoms with Crippen LogP contribution < -0.4 is 26.0 Å². The van der Waals surface area contributed by atoms with Crippen LogP contribution >= 0.6 is 0 Å². The first-order valence-electron chi connectivity index (χ1n) is 11.9. The molecule has 1 saturated heterocycles. The zero-order chi connectivity index (χ0) is 27.3. The molecule has 1 fully saturated rings. The molecular formula is C25H27F3N6O4. The first-order chi connectivity index (χ1) is 18.0. The Morgan fingerprint density at radius 2 is 1.66 bits per heavy atom. The molecule has 3 aromatic rings. The molecule has 202 valence electrons. The van der Waals surface area contributed by atoms with E-state index in [0.29, 0.717) is 17.1 Å². The normalized spacial score (nSPS) is 14.6. The number of amides is 3. The van der Waals surface area contributed by atoms with Crippen LogP contribution in [-0.2, 0) is 5.41 Å². The minimum Gasteiger partial charge on any atom is -0.489 e. The Hall–Kier alpha value is -4.13. The van der Waals surface area contributed by atoms with Gasteiger partial charge in [0.2, 0.25) is 0 Å². The fourth-order valence-corrected chi connectivity index (χ4v) is 3.57. The van der Waals surface area contributed by atoms with Gasteiger partial charge in [0.05, 0.1) is 6.20 Å². The average Bonchev–Trinajstić information content (AvgIpc) is 3.35. The van der Waals surface area contributed by atoms with Crippen molar-refractivity contribution in [3.05, 3.63) is 60.1 Å². The molecule has 0 radical (unpaired) electrons. The van der Waals surface area contributed by atoms with E-state index in [2.05, 4.69) is 31.4 Å². The average molecular weight is 533 g/mol. The van der Waals surface area contributed by atoms with Gasteiger partial charge in [-0.3, -0.25) is 10.1 Å². The van der Waals surface area contributed by atoms with E-state index >= 15 is 0 Å². The number of nitrogens with one attached hydrogen (secondary N) is 4. The lowest BCUT2D eigenvalue weighted by atomic mass is 9.89. The number of pyridine rings is 1. The minimum absolute atomic E-state index is 0.127. The Kier molecular flexibility index (Phi) is 7.86. The van der Waals surface area contributed by atoms with Gasteiger partial charge in [-0.15, -0.1) is 0 Å². The van der Waals surface area contributed by atoms with Gasteiger partial charge < -0.3 is 25.2 Å². The molecule has 13 heteroatoms. The van der Waals surface area contributed by atoms with Crippen molar-refractivity contribution >= 4 is 29.1 Å². The number of benzene rings is 1. The molecule has 4 rings (SSSR count). The van der Waals surface area contributed by atoms with E-state index in [4.69, 9.17) is 9.26 Å². The van der Waals surface area contributed by atoms with Gasteiger partial charge in [-0.05, 0) is 76.2 Å². The molecule has 0 saturated carbocycles. The van der Waals surface area contributed by atoms with Gasteiger partial charge >= 0.3 is 12.2 Å². The van der Waals surface area contributed by atoms with Gasteiger partial charge in [0.25, 0.3) is 5.91 Å². The maximum atomic E-state index is 13.2. The number of anilines is 3. The molecule has 4 N–H and O–H groups in total. The number of carbonyl (C=O) groups excluding carboxylic acids is 2. The van der Waals surface area contributed by atoms with E-state index in [1.54, 1.807) is 36.4 Å². The maximum absolute atomic E-state index is 13.2. The second-order valence-electron chi connectivity index (χ2n) is 9.26. The van der Waals surface area contributed by atoms with Crippen molar-refractivity contribution in [1.29, 1.82) is 0 Å². The molecule has 0 bridgehead atoms. The lowest BCUT2D eigenvalue weighted by molar-refractivity contribution is -0.185. The molecular weight excluding hydrogens is 505 g/mol. The summed E-state index contributed by atoms with van der Waals surface area (Å²) >= 11 is 0. The minimum atomic E-state index is -4.55. The van der Waals surface area contributed by atoms with Crippen LogP contribution in [0.1, 0.15) is 42.9 Å². The first-order valence-corrected chi connectivity index (χ1v) is 11.9. The second-order valence-corrected chi connectivity index (χ2v) is 9.26. The topological polar surface area (TPSA) is 130 Å². The highest BCUT2D eigenvalue weighted by molar-refractivity contribution is 6.03. The third-order valence-electron chi connectivity index (χ3n) is 6.03. The van der Waals surface area contributed by atoms with Crippen LogP contribution in [0.2, 0.25) is 0 Å². The van der Waals surface area contributed by atoms with Gasteiger partial charge in [0, 0.05) is 17.4 Å². The molecule has 3 heterocycles. The summed E-state index contributed by atoms with van der Waals surface area (Å²) in [6.45, 7) is 3.72. The SMILES string of the molecule is CC(C)(c1cc(NC(=O)Nc2ccc(NC(=O)c3ccc(OC4CCNCC4)cn3)cc2)no1)C(F)(F)F. The van der Waals surface area contributed by atoms with Crippen molar-refractivity contribution in [2.75, 3.05) is 29.0 Å². The summed E-state index contributed by atoms with van der Waals surface area (Å²) in [5.74, 6) is -0.411. The molecule has 1 aliphatic rings. The number of hydrogen-bond acceptors (Lipinski definition) is 7. The third-order valence-corrected chi connectivity index (χ3v) is 6.03. The van der Waals surface area contributed by atoms with E-state index < -0.39 is 29.3 Å². The molecule has 2 aromatic heterocycles. The van der Waals surface area contributed by atoms with Crippen molar-refractivity contribution in [2.45, 2.75) is 44.4 Å². The Morgan fingerprint density at radius 3 is 2.26 bits per heavy atom. The lowest BCUT2D eigenvalue weighted by Gasteiger charge is -2.24. The number of piperidine rings is 1. The van der Waals surface area contributed by atoms with E-state index in [1.165, 1.54) is 6.20 Å². The standard InChI is InChI=1S/C25H27F3N6O4/c1-24(2,25(26,27)28)20-13-21(34-38-20)33-23(36)32-16-5-3-15(4-6-16)31-22(35)19-8-7-18(14-30-19)37-17-9-11-29-12-10-17/h3-8,13-14,17,29H,9-12H2,1-2H3,(H,31,35)(H2,32,33,34,36). The van der Waals surface area contributed by atoms with Gasteiger partial charge in [-0.25, -0.2) is 9.78 Å². The molecule has 1 aliphatic heterocycles. The van der Waals surface area contributed by atoms with E-state index in [-0.39, 0.29) is 17.6 Å². The van der Waals surface area contributed by atoms with Crippen LogP contribution in [0.5, 0.6) is 5.75 Å². The summed E-state index contributed by atoms with van der Waals surface area (Å²) < 4.78 is 50.1. The largest absolute Gasteiger partial charge is 0.489 e. The van der Waals surface area contributed by atoms with E-state index in [0.717, 1.165) is 45.8 Å². The smallest absolute Gasteiger partial charge is 0.401 e. The molecule has 1 aromatic carbocycles. The maximum Gasteiger partial charge on any atom is 0.401 e. The predicted octanol–water partition coefficient (Wildman–Crippen LogP) is 4.94. The van der Waals surface area contributed by atoms with Gasteiger partial charge in [-0.1, -0.05) is 5.16 Å². The van der Waals surface area contributed by atoms with Crippen molar-refractivity contribution in [3.63, 3.8) is 0 Å². The van der Waals surface area contributed by atoms with E-state index in [9.17, 15) is 22.8 Å². The van der Waals surface area contributed by atoms with Crippen LogP contribution in [0, 0.1) is 0 Å². The Labute approximate surface area is 216 Å². The third kappa shape index (κ3) is 6.59. The Bertz CT molecular complexity index is 1250. The molecule has 0 unspecified atom stereocenters. The van der Waals surface area contributed by atoms with E-state index in [1.807, 2.05) is 0 Å². The number of nitrogens with zero attached hydrogens (tertiary/aromatic N) is 2. The summed E-state index contributed by atoms with van der Waals surface area (Å²) in [6, 6.07) is 9.80. The quantitative estimate of drug-likeness (QED) is 0.339. The molecule has 3 amide bonds. The van der Waals surface area contributed by atoms with Gasteiger partial charge in [0.1, 0.15) is 23.0 Å². The van der Waals surface area contributed by atoms with Crippen LogP contribution in [-0.4, -0.2) is 47.4 Å². The zero-order valence-electron chi connectivity index (χ0n) is 20.7. The van der Waals surface area contributed by atoms with Crippen LogP contribution in [0.15, 0.2) is 53.2 Å². The molecule has 0 atom stereocenters. The van der Waals surface area contributed by atoms with Crippen molar-refractivity contribution < 1.29 is 32.0 Å². The number of halogens is 3. The van der Waals surface area contributed by atoms with Crippen LogP contribution in [0.3, 0.4) is 0 Å². The summed E-state index contributed by atoms with van der Waals surface area (Å²) in [5.41, 5.74) is -1.22. The zero-order valence-corrected chi connectivity index (χ0v) is 20.7. The number of ether oxygens (including phenoxy) is 1.